The van der Waals surface area contributed by atoms with Gasteiger partial charge in [-0.3, -0.25) is 4.79 Å². The topological polar surface area (TPSA) is 17.1 Å². The molecule has 0 aliphatic heterocycles. The van der Waals surface area contributed by atoms with Crippen LogP contribution in [0.4, 0.5) is 0 Å². The number of thiophene rings is 1. The minimum absolute atomic E-state index is 0.215. The van der Waals surface area contributed by atoms with E-state index in [1.165, 1.54) is 11.3 Å². The van der Waals surface area contributed by atoms with Crippen molar-refractivity contribution in [2.45, 2.75) is 26.7 Å². The smallest absolute Gasteiger partial charge is 0.173 e. The van der Waals surface area contributed by atoms with Crippen molar-refractivity contribution in [2.24, 2.45) is 0 Å². The Balaban J connectivity index is 2.65. The molecule has 0 spiro atoms. The van der Waals surface area contributed by atoms with Gasteiger partial charge in [0.1, 0.15) is 0 Å². The normalized spacial score (nSPS) is 10.2. The number of ketones is 1. The van der Waals surface area contributed by atoms with Crippen molar-refractivity contribution in [3.8, 4) is 0 Å². The lowest BCUT2D eigenvalue weighted by atomic mass is 10.1. The molecule has 0 amide bonds. The molecule has 3 heteroatoms. The number of rotatable bonds is 4. The minimum Gasteiger partial charge on any atom is -0.293 e. The molecule has 1 aromatic rings. The summed E-state index contributed by atoms with van der Waals surface area (Å²) in [7, 11) is 0. The van der Waals surface area contributed by atoms with Gasteiger partial charge in [0, 0.05) is 6.42 Å². The zero-order valence-corrected chi connectivity index (χ0v) is 10.8. The van der Waals surface area contributed by atoms with Crippen molar-refractivity contribution in [1.82, 2.24) is 0 Å². The summed E-state index contributed by atoms with van der Waals surface area (Å²) in [5.41, 5.74) is 2.19. The van der Waals surface area contributed by atoms with Gasteiger partial charge in [-0.25, -0.2) is 0 Å². The van der Waals surface area contributed by atoms with Gasteiger partial charge in [-0.05, 0) is 47.8 Å². The lowest BCUT2D eigenvalue weighted by Gasteiger charge is -1.96. The maximum absolute atomic E-state index is 11.7. The van der Waals surface area contributed by atoms with E-state index in [0.717, 1.165) is 26.2 Å². The Morgan fingerprint density at radius 1 is 1.57 bits per heavy atom. The zero-order valence-electron chi connectivity index (χ0n) is 8.39. The zero-order chi connectivity index (χ0) is 10.7. The molecule has 0 aliphatic carbocycles. The fourth-order valence-electron chi connectivity index (χ4n) is 1.05. The quantitative estimate of drug-likeness (QED) is 0.588. The fourth-order valence-corrected chi connectivity index (χ4v) is 2.55. The summed E-state index contributed by atoms with van der Waals surface area (Å²) in [6.07, 6.45) is 1.36. The van der Waals surface area contributed by atoms with E-state index in [9.17, 15) is 4.79 Å². The third-order valence-electron chi connectivity index (χ3n) is 1.91. The van der Waals surface area contributed by atoms with Crippen molar-refractivity contribution in [3.05, 3.63) is 32.4 Å². The van der Waals surface area contributed by atoms with Crippen LogP contribution >= 0.6 is 27.3 Å². The highest BCUT2D eigenvalue weighted by Gasteiger charge is 2.10. The molecule has 0 radical (unpaired) electrons. The number of aryl methyl sites for hydroxylation is 1. The average molecular weight is 273 g/mol. The van der Waals surface area contributed by atoms with Gasteiger partial charge in [-0.15, -0.1) is 17.9 Å². The highest BCUT2D eigenvalue weighted by molar-refractivity contribution is 9.11. The molecule has 1 nitrogen and oxygen atoms in total. The second-order valence-electron chi connectivity index (χ2n) is 3.45. The molecule has 0 fully saturated rings. The predicted octanol–water partition coefficient (Wildman–Crippen LogP) is 4.36. The first-order valence-corrected chi connectivity index (χ1v) is 6.05. The van der Waals surface area contributed by atoms with Gasteiger partial charge in [-0.1, -0.05) is 5.57 Å². The van der Waals surface area contributed by atoms with E-state index < -0.39 is 0 Å². The number of hydrogen-bond donors (Lipinski definition) is 0. The third-order valence-corrected chi connectivity index (χ3v) is 4.09. The van der Waals surface area contributed by atoms with E-state index in [1.54, 1.807) is 0 Å². The summed E-state index contributed by atoms with van der Waals surface area (Å²) >= 11 is 4.92. The van der Waals surface area contributed by atoms with E-state index in [2.05, 4.69) is 22.5 Å². The molecule has 0 saturated carbocycles. The number of hydrogen-bond acceptors (Lipinski definition) is 2. The molecule has 0 saturated heterocycles. The van der Waals surface area contributed by atoms with Crippen LogP contribution in [0.15, 0.2) is 22.0 Å². The molecule has 0 N–H and O–H groups in total. The van der Waals surface area contributed by atoms with E-state index in [4.69, 9.17) is 0 Å². The molecule has 0 atom stereocenters. The standard InChI is InChI=1S/C11H13BrOS/c1-7(2)4-5-9(13)10-6-8(3)11(12)14-10/h6H,1,4-5H2,2-3H3. The van der Waals surface area contributed by atoms with Gasteiger partial charge in [0.25, 0.3) is 0 Å². The molecule has 0 aromatic carbocycles. The summed E-state index contributed by atoms with van der Waals surface area (Å²) in [6, 6.07) is 1.94. The maximum atomic E-state index is 11.7. The Morgan fingerprint density at radius 2 is 2.21 bits per heavy atom. The van der Waals surface area contributed by atoms with Gasteiger partial charge in [0.2, 0.25) is 0 Å². The summed E-state index contributed by atoms with van der Waals surface area (Å²) < 4.78 is 1.05. The maximum Gasteiger partial charge on any atom is 0.173 e. The van der Waals surface area contributed by atoms with Crippen LogP contribution in [0.25, 0.3) is 0 Å². The first kappa shape index (κ1) is 11.7. The van der Waals surface area contributed by atoms with E-state index in [-0.39, 0.29) is 5.78 Å². The Labute approximate surface area is 97.0 Å². The molecule has 1 aromatic heterocycles. The van der Waals surface area contributed by atoms with Gasteiger partial charge in [-0.2, -0.15) is 0 Å². The number of halogens is 1. The largest absolute Gasteiger partial charge is 0.293 e. The van der Waals surface area contributed by atoms with Crippen LogP contribution in [0.3, 0.4) is 0 Å². The van der Waals surface area contributed by atoms with Gasteiger partial charge in [0.05, 0.1) is 8.66 Å². The number of allylic oxidation sites excluding steroid dienone is 1. The van der Waals surface area contributed by atoms with Gasteiger partial charge < -0.3 is 0 Å². The number of Topliss-reactive ketones (excluding diaryl/α,β-unsaturated/α-hetero) is 1. The molecule has 76 valence electrons. The van der Waals surface area contributed by atoms with E-state index in [1.807, 2.05) is 19.9 Å². The second kappa shape index (κ2) is 4.89. The van der Waals surface area contributed by atoms with Crippen LogP contribution in [0.5, 0.6) is 0 Å². The summed E-state index contributed by atoms with van der Waals surface area (Å²) in [4.78, 5) is 12.5. The Hall–Kier alpha value is -0.410. The Kier molecular flexibility index (Phi) is 4.08. The Morgan fingerprint density at radius 3 is 2.64 bits per heavy atom. The fraction of sp³-hybridized carbons (Fsp3) is 0.364. The molecule has 0 aliphatic rings. The van der Waals surface area contributed by atoms with Crippen LogP contribution in [0, 0.1) is 6.92 Å². The molecule has 1 heterocycles. The lowest BCUT2D eigenvalue weighted by molar-refractivity contribution is 0.0986. The van der Waals surface area contributed by atoms with E-state index >= 15 is 0 Å². The average Bonchev–Trinajstić information content (AvgIpc) is 2.43. The van der Waals surface area contributed by atoms with Crippen LogP contribution in [-0.4, -0.2) is 5.78 Å². The highest BCUT2D eigenvalue weighted by Crippen LogP contribution is 2.28. The number of carbonyl (C=O) groups is 1. The first-order chi connectivity index (χ1) is 6.50. The molecular formula is C11H13BrOS. The molecular weight excluding hydrogens is 260 g/mol. The Bertz CT molecular complexity index is 346. The second-order valence-corrected chi connectivity index (χ2v) is 5.82. The minimum atomic E-state index is 0.215. The van der Waals surface area contributed by atoms with Crippen molar-refractivity contribution >= 4 is 33.0 Å². The van der Waals surface area contributed by atoms with Crippen LogP contribution in [0.1, 0.15) is 35.0 Å². The predicted molar refractivity (Wildman–Crippen MR) is 65.1 cm³/mol. The number of carbonyl (C=O) groups excluding carboxylic acids is 1. The lowest BCUT2D eigenvalue weighted by Crippen LogP contribution is -1.95. The summed E-state index contributed by atoms with van der Waals surface area (Å²) in [5.74, 6) is 0.215. The third kappa shape index (κ3) is 3.07. The highest BCUT2D eigenvalue weighted by atomic mass is 79.9. The molecule has 0 bridgehead atoms. The van der Waals surface area contributed by atoms with Crippen molar-refractivity contribution in [1.29, 1.82) is 0 Å². The monoisotopic (exact) mass is 272 g/mol. The van der Waals surface area contributed by atoms with E-state index in [0.29, 0.717) is 6.42 Å². The first-order valence-electron chi connectivity index (χ1n) is 4.44. The van der Waals surface area contributed by atoms with Gasteiger partial charge >= 0.3 is 0 Å². The van der Waals surface area contributed by atoms with Crippen molar-refractivity contribution in [2.75, 3.05) is 0 Å². The molecule has 0 unspecified atom stereocenters. The molecule has 14 heavy (non-hydrogen) atoms. The molecule has 1 rings (SSSR count). The van der Waals surface area contributed by atoms with Crippen molar-refractivity contribution in [3.63, 3.8) is 0 Å². The summed E-state index contributed by atoms with van der Waals surface area (Å²) in [6.45, 7) is 7.73. The van der Waals surface area contributed by atoms with Crippen LogP contribution in [-0.2, 0) is 0 Å². The van der Waals surface area contributed by atoms with Crippen molar-refractivity contribution < 1.29 is 4.79 Å². The van der Waals surface area contributed by atoms with Gasteiger partial charge in [0.15, 0.2) is 5.78 Å². The summed E-state index contributed by atoms with van der Waals surface area (Å²) in [5, 5.41) is 0. The SMILES string of the molecule is C=C(C)CCC(=O)c1cc(C)c(Br)s1. The van der Waals surface area contributed by atoms with Crippen LogP contribution in [0.2, 0.25) is 0 Å². The van der Waals surface area contributed by atoms with Crippen LogP contribution < -0.4 is 0 Å².